The number of carbonyl (C=O) groups excluding carboxylic acids is 2. The molecule has 1 saturated carbocycles. The van der Waals surface area contributed by atoms with E-state index in [0.717, 1.165) is 43.8 Å². The van der Waals surface area contributed by atoms with Gasteiger partial charge in [-0.15, -0.1) is 5.06 Å². The van der Waals surface area contributed by atoms with Crippen molar-refractivity contribution < 1.29 is 27.9 Å². The number of rotatable bonds is 10. The second-order valence-electron chi connectivity index (χ2n) is 10.9. The fourth-order valence-electron chi connectivity index (χ4n) is 5.38. The molecule has 1 atom stereocenters. The molecule has 208 valence electrons. The lowest BCUT2D eigenvalue weighted by atomic mass is 9.78. The van der Waals surface area contributed by atoms with Crippen LogP contribution in [0.2, 0.25) is 0 Å². The van der Waals surface area contributed by atoms with Gasteiger partial charge in [0, 0.05) is 44.7 Å². The van der Waals surface area contributed by atoms with Gasteiger partial charge in [0.1, 0.15) is 17.3 Å². The first-order chi connectivity index (χ1) is 18.1. The highest BCUT2D eigenvalue weighted by Crippen LogP contribution is 2.42. The number of hydrogen-bond donors (Lipinski definition) is 2. The summed E-state index contributed by atoms with van der Waals surface area (Å²) in [5.41, 5.74) is 0.245. The van der Waals surface area contributed by atoms with Crippen molar-refractivity contribution in [2.45, 2.75) is 75.8 Å². The number of methoxy groups -OCH3 is 1. The predicted octanol–water partition coefficient (Wildman–Crippen LogP) is 4.00. The molecule has 3 fully saturated rings. The van der Waals surface area contributed by atoms with Gasteiger partial charge < -0.3 is 25.1 Å². The molecule has 0 unspecified atom stereocenters. The third-order valence-corrected chi connectivity index (χ3v) is 7.92. The minimum Gasteiger partial charge on any atom is -0.497 e. The average molecular weight is 534 g/mol. The van der Waals surface area contributed by atoms with E-state index in [4.69, 9.17) is 9.57 Å². The largest absolute Gasteiger partial charge is 0.497 e. The molecule has 2 heterocycles. The lowest BCUT2D eigenvalue weighted by Gasteiger charge is -2.38. The van der Waals surface area contributed by atoms with Crippen LogP contribution < -0.4 is 20.3 Å². The van der Waals surface area contributed by atoms with Gasteiger partial charge in [-0.25, -0.2) is 13.6 Å². The first kappa shape index (κ1) is 27.9. The molecule has 1 spiro atoms. The van der Waals surface area contributed by atoms with Crippen LogP contribution in [0.3, 0.4) is 0 Å². The maximum atomic E-state index is 14.4. The van der Waals surface area contributed by atoms with Crippen molar-refractivity contribution in [2.24, 2.45) is 5.41 Å². The molecule has 0 bridgehead atoms. The van der Waals surface area contributed by atoms with E-state index in [9.17, 15) is 23.6 Å². The molecule has 2 N–H and O–H groups in total. The van der Waals surface area contributed by atoms with Crippen molar-refractivity contribution in [2.75, 3.05) is 38.2 Å². The zero-order chi connectivity index (χ0) is 27.4. The fourth-order valence-corrected chi connectivity index (χ4v) is 5.38. The van der Waals surface area contributed by atoms with Crippen molar-refractivity contribution in [3.8, 4) is 11.8 Å². The number of piperidine rings is 1. The highest BCUT2D eigenvalue weighted by Gasteiger charge is 2.47. The zero-order valence-corrected chi connectivity index (χ0v) is 22.1. The summed E-state index contributed by atoms with van der Waals surface area (Å²) < 4.78 is 34.0. The summed E-state index contributed by atoms with van der Waals surface area (Å²) in [6, 6.07) is 8.51. The summed E-state index contributed by atoms with van der Waals surface area (Å²) in [5.74, 6) is -3.11. The first-order valence-electron chi connectivity index (χ1n) is 13.3. The van der Waals surface area contributed by atoms with Crippen LogP contribution in [-0.2, 0) is 9.63 Å². The standard InChI is InChI=1S/C27H37F2N5O4/c1-3-8-27(28,29)17-22(23(35)32-26(18-30)9-10-26)31-24(36)38-34-15-12-25(13-16-34)11-14-33(19-25)20-4-6-21(37-2)7-5-20/h4-7,22H,3,8-17,19H2,1-2H3,(H,31,36)(H,32,35)/t22-/m0/s1. The van der Waals surface area contributed by atoms with Gasteiger partial charge in [0.2, 0.25) is 5.91 Å². The van der Waals surface area contributed by atoms with Gasteiger partial charge in [-0.3, -0.25) is 4.79 Å². The molecular formula is C27H37F2N5O4. The van der Waals surface area contributed by atoms with Crippen LogP contribution in [-0.4, -0.2) is 67.9 Å². The molecule has 0 aromatic heterocycles. The van der Waals surface area contributed by atoms with Crippen LogP contribution in [0.1, 0.15) is 58.3 Å². The number of ether oxygens (including phenoxy) is 1. The Labute approximate surface area is 222 Å². The van der Waals surface area contributed by atoms with Gasteiger partial charge in [0.15, 0.2) is 0 Å². The van der Waals surface area contributed by atoms with Gasteiger partial charge in [-0.1, -0.05) is 13.3 Å². The van der Waals surface area contributed by atoms with Crippen molar-refractivity contribution in [1.82, 2.24) is 15.7 Å². The zero-order valence-electron chi connectivity index (χ0n) is 22.1. The summed E-state index contributed by atoms with van der Waals surface area (Å²) in [6.07, 6.45) is 1.65. The second kappa shape index (κ2) is 11.3. The monoisotopic (exact) mass is 533 g/mol. The van der Waals surface area contributed by atoms with Crippen molar-refractivity contribution in [1.29, 1.82) is 5.26 Å². The number of benzene rings is 1. The van der Waals surface area contributed by atoms with E-state index in [1.54, 1.807) is 14.0 Å². The van der Waals surface area contributed by atoms with Crippen LogP contribution in [0.5, 0.6) is 5.75 Å². The summed E-state index contributed by atoms with van der Waals surface area (Å²) in [6.45, 7) is 4.52. The van der Waals surface area contributed by atoms with Crippen LogP contribution in [0, 0.1) is 16.7 Å². The van der Waals surface area contributed by atoms with E-state index in [0.29, 0.717) is 25.9 Å². The Hall–Kier alpha value is -3.13. The highest BCUT2D eigenvalue weighted by atomic mass is 19.3. The number of nitriles is 1. The van der Waals surface area contributed by atoms with Crippen LogP contribution in [0.4, 0.5) is 19.3 Å². The molecule has 1 aromatic rings. The molecule has 38 heavy (non-hydrogen) atoms. The Kier molecular flexibility index (Phi) is 8.31. The quantitative estimate of drug-likeness (QED) is 0.468. The number of anilines is 1. The smallest absolute Gasteiger partial charge is 0.426 e. The van der Waals surface area contributed by atoms with Crippen molar-refractivity contribution >= 4 is 17.7 Å². The number of carbonyl (C=O) groups is 2. The normalized spacial score (nSPS) is 20.9. The molecule has 9 nitrogen and oxygen atoms in total. The molecule has 1 aromatic carbocycles. The summed E-state index contributed by atoms with van der Waals surface area (Å²) in [5, 5.41) is 15.6. The van der Waals surface area contributed by atoms with Crippen LogP contribution in [0.15, 0.2) is 24.3 Å². The Morgan fingerprint density at radius 3 is 2.37 bits per heavy atom. The topological polar surface area (TPSA) is 107 Å². The number of hydrogen-bond acceptors (Lipinski definition) is 7. The Morgan fingerprint density at radius 2 is 1.79 bits per heavy atom. The van der Waals surface area contributed by atoms with Gasteiger partial charge in [-0.2, -0.15) is 5.26 Å². The minimum atomic E-state index is -3.14. The third-order valence-electron chi connectivity index (χ3n) is 7.92. The van der Waals surface area contributed by atoms with Crippen molar-refractivity contribution in [3.63, 3.8) is 0 Å². The van der Waals surface area contributed by atoms with E-state index in [1.807, 2.05) is 18.2 Å². The number of halogens is 2. The first-order valence-corrected chi connectivity index (χ1v) is 13.3. The second-order valence-corrected chi connectivity index (χ2v) is 10.9. The SMILES string of the molecule is CCCC(F)(F)C[C@H](NC(=O)ON1CCC2(CC1)CCN(c1ccc(OC)cc1)C2)C(=O)NC1(C#N)CC1. The molecule has 3 aliphatic rings. The van der Waals surface area contributed by atoms with E-state index in [1.165, 1.54) is 5.06 Å². The van der Waals surface area contributed by atoms with Gasteiger partial charge in [0.25, 0.3) is 5.92 Å². The summed E-state index contributed by atoms with van der Waals surface area (Å²) in [7, 11) is 1.64. The molecule has 2 saturated heterocycles. The molecule has 2 amide bonds. The maximum absolute atomic E-state index is 14.4. The maximum Gasteiger partial charge on any atom is 0.426 e. The van der Waals surface area contributed by atoms with Crippen LogP contribution in [0.25, 0.3) is 0 Å². The van der Waals surface area contributed by atoms with E-state index >= 15 is 0 Å². The number of alkyl halides is 2. The lowest BCUT2D eigenvalue weighted by Crippen LogP contribution is -2.53. The van der Waals surface area contributed by atoms with Crippen LogP contribution >= 0.6 is 0 Å². The molecule has 2 aliphatic heterocycles. The summed E-state index contributed by atoms with van der Waals surface area (Å²) >= 11 is 0. The minimum absolute atomic E-state index is 0.122. The molecule has 0 radical (unpaired) electrons. The summed E-state index contributed by atoms with van der Waals surface area (Å²) in [4.78, 5) is 33.2. The number of hydroxylamine groups is 2. The number of nitrogens with one attached hydrogen (secondary N) is 2. The van der Waals surface area contributed by atoms with Crippen molar-refractivity contribution in [3.05, 3.63) is 24.3 Å². The van der Waals surface area contributed by atoms with E-state index in [-0.39, 0.29) is 11.8 Å². The predicted molar refractivity (Wildman–Crippen MR) is 137 cm³/mol. The molecule has 1 aliphatic carbocycles. The molecule has 4 rings (SSSR count). The molecule has 11 heteroatoms. The average Bonchev–Trinajstić information content (AvgIpc) is 3.55. The van der Waals surface area contributed by atoms with Gasteiger partial charge >= 0.3 is 6.09 Å². The van der Waals surface area contributed by atoms with Gasteiger partial charge in [-0.05, 0) is 61.8 Å². The fraction of sp³-hybridized carbons (Fsp3) is 0.667. The van der Waals surface area contributed by atoms with Gasteiger partial charge in [0.05, 0.1) is 13.2 Å². The van der Waals surface area contributed by atoms with E-state index < -0.39 is 42.3 Å². The number of nitrogens with zero attached hydrogens (tertiary/aromatic N) is 3. The Balaban J connectivity index is 1.29. The molecular weight excluding hydrogens is 496 g/mol. The Morgan fingerprint density at radius 1 is 1.13 bits per heavy atom. The highest BCUT2D eigenvalue weighted by molar-refractivity contribution is 5.86. The third kappa shape index (κ3) is 6.84. The lowest BCUT2D eigenvalue weighted by molar-refractivity contribution is -0.135. The van der Waals surface area contributed by atoms with E-state index in [2.05, 4.69) is 27.7 Å². The Bertz CT molecular complexity index is 1030. The number of amides is 2.